The molecule has 1 aliphatic heterocycles. The molecule has 1 aromatic heterocycles. The predicted molar refractivity (Wildman–Crippen MR) is 105 cm³/mol. The number of aromatic nitrogens is 1. The number of hydrogen-bond acceptors (Lipinski definition) is 6. The molecule has 2 aromatic rings. The first kappa shape index (κ1) is 18.2. The van der Waals surface area contributed by atoms with E-state index in [9.17, 15) is 4.79 Å². The van der Waals surface area contributed by atoms with Crippen molar-refractivity contribution in [3.8, 4) is 0 Å². The van der Waals surface area contributed by atoms with Crippen molar-refractivity contribution in [2.45, 2.75) is 19.3 Å². The third-order valence-corrected chi connectivity index (χ3v) is 4.48. The average molecular weight is 354 g/mol. The number of nitrogens with two attached hydrogens (primary N) is 2. The van der Waals surface area contributed by atoms with Gasteiger partial charge in [-0.1, -0.05) is 18.6 Å². The number of carbonyl (C=O) groups is 1. The fourth-order valence-corrected chi connectivity index (χ4v) is 3.19. The van der Waals surface area contributed by atoms with E-state index in [1.807, 2.05) is 24.3 Å². The second-order valence-electron chi connectivity index (χ2n) is 6.77. The Bertz CT molecular complexity index is 811. The normalized spacial score (nSPS) is 15.8. The molecule has 138 valence electrons. The standard InChI is InChI=1S/C19H26N6O/c1-24(21)12-17(20)14-5-6-15-11-22-18(10-16(15)9-14)23-19(26)13-25-7-3-2-4-8-25/h5-6,9-12H,2-4,7-8,13,20-21H2,1H3,(H,22,23,26)/b17-12-. The number of pyridine rings is 1. The van der Waals surface area contributed by atoms with Crippen LogP contribution in [-0.4, -0.2) is 47.5 Å². The maximum atomic E-state index is 12.3. The Morgan fingerprint density at radius 1 is 1.27 bits per heavy atom. The summed E-state index contributed by atoms with van der Waals surface area (Å²) in [6.45, 7) is 2.39. The minimum atomic E-state index is -0.0286. The molecule has 26 heavy (non-hydrogen) atoms. The summed E-state index contributed by atoms with van der Waals surface area (Å²) in [5.74, 6) is 6.14. The van der Waals surface area contributed by atoms with E-state index in [0.29, 0.717) is 18.1 Å². The van der Waals surface area contributed by atoms with E-state index < -0.39 is 0 Å². The Morgan fingerprint density at radius 3 is 2.77 bits per heavy atom. The van der Waals surface area contributed by atoms with Crippen LogP contribution in [0.3, 0.4) is 0 Å². The lowest BCUT2D eigenvalue weighted by Gasteiger charge is -2.25. The summed E-state index contributed by atoms with van der Waals surface area (Å²) in [7, 11) is 1.72. The minimum Gasteiger partial charge on any atom is -0.397 e. The number of rotatable bonds is 5. The van der Waals surface area contributed by atoms with Gasteiger partial charge in [0.25, 0.3) is 0 Å². The molecule has 0 spiro atoms. The highest BCUT2D eigenvalue weighted by atomic mass is 16.2. The summed E-state index contributed by atoms with van der Waals surface area (Å²) < 4.78 is 0. The van der Waals surface area contributed by atoms with Gasteiger partial charge < -0.3 is 16.1 Å². The molecule has 2 heterocycles. The van der Waals surface area contributed by atoms with Gasteiger partial charge in [-0.05, 0) is 49.0 Å². The number of piperidine rings is 1. The van der Waals surface area contributed by atoms with Crippen molar-refractivity contribution in [3.05, 3.63) is 42.2 Å². The van der Waals surface area contributed by atoms with E-state index in [-0.39, 0.29) is 5.91 Å². The molecule has 0 radical (unpaired) electrons. The van der Waals surface area contributed by atoms with Gasteiger partial charge in [-0.15, -0.1) is 0 Å². The number of hydrazine groups is 1. The molecule has 0 aliphatic carbocycles. The zero-order chi connectivity index (χ0) is 18.5. The Hall–Kier alpha value is -2.64. The molecular weight excluding hydrogens is 328 g/mol. The molecule has 7 heteroatoms. The van der Waals surface area contributed by atoms with Gasteiger partial charge in [-0.3, -0.25) is 9.69 Å². The highest BCUT2D eigenvalue weighted by Crippen LogP contribution is 2.21. The summed E-state index contributed by atoms with van der Waals surface area (Å²) in [4.78, 5) is 18.8. The number of fused-ring (bicyclic) bond motifs is 1. The van der Waals surface area contributed by atoms with Gasteiger partial charge in [0.15, 0.2) is 0 Å². The van der Waals surface area contributed by atoms with Crippen LogP contribution in [0.25, 0.3) is 16.5 Å². The van der Waals surface area contributed by atoms with Crippen LogP contribution in [0.15, 0.2) is 36.7 Å². The highest BCUT2D eigenvalue weighted by Gasteiger charge is 2.14. The second kappa shape index (κ2) is 8.16. The van der Waals surface area contributed by atoms with Crippen molar-refractivity contribution in [2.75, 3.05) is 32.0 Å². The van der Waals surface area contributed by atoms with Gasteiger partial charge in [0.2, 0.25) is 5.91 Å². The summed E-state index contributed by atoms with van der Waals surface area (Å²) in [5.41, 5.74) is 7.50. The molecular formula is C19H26N6O. The summed E-state index contributed by atoms with van der Waals surface area (Å²) >= 11 is 0. The first-order valence-electron chi connectivity index (χ1n) is 8.88. The number of benzene rings is 1. The topological polar surface area (TPSA) is 101 Å². The maximum absolute atomic E-state index is 12.3. The van der Waals surface area contributed by atoms with E-state index >= 15 is 0 Å². The van der Waals surface area contributed by atoms with Crippen LogP contribution in [-0.2, 0) is 4.79 Å². The number of nitrogens with zero attached hydrogens (tertiary/aromatic N) is 3. The fourth-order valence-electron chi connectivity index (χ4n) is 3.19. The molecule has 7 nitrogen and oxygen atoms in total. The van der Waals surface area contributed by atoms with Crippen molar-refractivity contribution >= 4 is 28.2 Å². The summed E-state index contributed by atoms with van der Waals surface area (Å²) in [6, 6.07) is 7.71. The Morgan fingerprint density at radius 2 is 2.04 bits per heavy atom. The number of likely N-dealkylation sites (tertiary alicyclic amines) is 1. The van der Waals surface area contributed by atoms with Crippen LogP contribution < -0.4 is 16.9 Å². The fraction of sp³-hybridized carbons (Fsp3) is 0.368. The lowest BCUT2D eigenvalue weighted by molar-refractivity contribution is -0.117. The molecule has 1 fully saturated rings. The second-order valence-corrected chi connectivity index (χ2v) is 6.77. The van der Waals surface area contributed by atoms with Crippen molar-refractivity contribution in [3.63, 3.8) is 0 Å². The number of hydrogen-bond donors (Lipinski definition) is 3. The third-order valence-electron chi connectivity index (χ3n) is 4.48. The molecule has 0 unspecified atom stereocenters. The Labute approximate surface area is 153 Å². The van der Waals surface area contributed by atoms with E-state index in [1.165, 1.54) is 11.4 Å². The molecule has 1 saturated heterocycles. The Kier molecular flexibility index (Phi) is 5.70. The summed E-state index contributed by atoms with van der Waals surface area (Å²) in [5, 5.41) is 6.25. The van der Waals surface area contributed by atoms with Crippen molar-refractivity contribution in [2.24, 2.45) is 11.6 Å². The van der Waals surface area contributed by atoms with Crippen LogP contribution in [0.2, 0.25) is 0 Å². The van der Waals surface area contributed by atoms with Gasteiger partial charge in [0.05, 0.1) is 12.2 Å². The molecule has 0 saturated carbocycles. The molecule has 1 aromatic carbocycles. The van der Waals surface area contributed by atoms with Crippen LogP contribution in [0.1, 0.15) is 24.8 Å². The Balaban J connectivity index is 1.73. The monoisotopic (exact) mass is 354 g/mol. The van der Waals surface area contributed by atoms with Crippen LogP contribution in [0.5, 0.6) is 0 Å². The van der Waals surface area contributed by atoms with E-state index in [1.54, 1.807) is 19.4 Å². The average Bonchev–Trinajstić information content (AvgIpc) is 2.61. The number of nitrogens with one attached hydrogen (secondary N) is 1. The molecule has 1 amide bonds. The highest BCUT2D eigenvalue weighted by molar-refractivity contribution is 5.94. The van der Waals surface area contributed by atoms with Crippen LogP contribution in [0.4, 0.5) is 5.82 Å². The first-order valence-corrected chi connectivity index (χ1v) is 8.88. The predicted octanol–water partition coefficient (Wildman–Crippen LogP) is 1.72. The largest absolute Gasteiger partial charge is 0.397 e. The van der Waals surface area contributed by atoms with Crippen molar-refractivity contribution in [1.82, 2.24) is 14.9 Å². The van der Waals surface area contributed by atoms with Gasteiger partial charge >= 0.3 is 0 Å². The SMILES string of the molecule is CN(N)/C=C(\N)c1ccc2cnc(NC(=O)CN3CCCCC3)cc2c1. The van der Waals surface area contributed by atoms with Crippen molar-refractivity contribution < 1.29 is 4.79 Å². The minimum absolute atomic E-state index is 0.0286. The smallest absolute Gasteiger partial charge is 0.239 e. The van der Waals surface area contributed by atoms with Gasteiger partial charge in [0, 0.05) is 24.8 Å². The number of anilines is 1. The number of carbonyl (C=O) groups excluding carboxylic acids is 1. The zero-order valence-corrected chi connectivity index (χ0v) is 15.1. The third kappa shape index (κ3) is 4.71. The lowest BCUT2D eigenvalue weighted by Crippen LogP contribution is -2.36. The van der Waals surface area contributed by atoms with E-state index in [0.717, 1.165) is 42.3 Å². The first-order chi connectivity index (χ1) is 12.5. The van der Waals surface area contributed by atoms with Gasteiger partial charge in [-0.2, -0.15) is 0 Å². The maximum Gasteiger partial charge on any atom is 0.239 e. The molecule has 5 N–H and O–H groups in total. The zero-order valence-electron chi connectivity index (χ0n) is 15.1. The number of amides is 1. The van der Waals surface area contributed by atoms with Gasteiger partial charge in [0.1, 0.15) is 5.82 Å². The van der Waals surface area contributed by atoms with E-state index in [2.05, 4.69) is 15.2 Å². The quantitative estimate of drug-likeness (QED) is 0.558. The molecule has 3 rings (SSSR count). The molecule has 0 bridgehead atoms. The van der Waals surface area contributed by atoms with Crippen molar-refractivity contribution in [1.29, 1.82) is 0 Å². The summed E-state index contributed by atoms with van der Waals surface area (Å²) in [6.07, 6.45) is 6.99. The van der Waals surface area contributed by atoms with Crippen LogP contribution >= 0.6 is 0 Å². The molecule has 1 aliphatic rings. The van der Waals surface area contributed by atoms with Gasteiger partial charge in [-0.25, -0.2) is 10.8 Å². The van der Waals surface area contributed by atoms with E-state index in [4.69, 9.17) is 11.6 Å². The lowest BCUT2D eigenvalue weighted by atomic mass is 10.1. The van der Waals surface area contributed by atoms with Crippen LogP contribution in [0, 0.1) is 0 Å². The molecule has 0 atom stereocenters.